The second-order valence-corrected chi connectivity index (χ2v) is 7.54. The Labute approximate surface area is 140 Å². The van der Waals surface area contributed by atoms with E-state index in [-0.39, 0.29) is 36.0 Å². The van der Waals surface area contributed by atoms with Gasteiger partial charge in [-0.2, -0.15) is 0 Å². The van der Waals surface area contributed by atoms with Gasteiger partial charge < -0.3 is 10.5 Å². The standard InChI is InChI=1S/C15H26N2O3S.ClH/c1-11(2)9-13(10-16)17-21(18,19)15-7-5-14(6-8-15)20-12(3)4;/h5-8,11-13,17H,9-10,16H2,1-4H3;1H. The van der Waals surface area contributed by atoms with Crippen molar-refractivity contribution in [1.29, 1.82) is 0 Å². The van der Waals surface area contributed by atoms with Crippen molar-refractivity contribution in [2.24, 2.45) is 11.7 Å². The van der Waals surface area contributed by atoms with E-state index in [1.165, 1.54) is 0 Å². The van der Waals surface area contributed by atoms with E-state index < -0.39 is 10.0 Å². The summed E-state index contributed by atoms with van der Waals surface area (Å²) in [5.41, 5.74) is 5.64. The van der Waals surface area contributed by atoms with Crippen molar-refractivity contribution in [2.45, 2.75) is 51.2 Å². The van der Waals surface area contributed by atoms with Crippen molar-refractivity contribution in [3.05, 3.63) is 24.3 Å². The molecule has 0 aromatic heterocycles. The maximum atomic E-state index is 12.3. The topological polar surface area (TPSA) is 81.4 Å². The number of nitrogens with two attached hydrogens (primary N) is 1. The third-order valence-corrected chi connectivity index (χ3v) is 4.40. The molecule has 1 atom stereocenters. The third-order valence-electron chi connectivity index (χ3n) is 2.87. The van der Waals surface area contributed by atoms with Gasteiger partial charge >= 0.3 is 0 Å². The summed E-state index contributed by atoms with van der Waals surface area (Å²) in [4.78, 5) is 0.223. The van der Waals surface area contributed by atoms with Crippen molar-refractivity contribution in [2.75, 3.05) is 6.54 Å². The number of sulfonamides is 1. The molecule has 22 heavy (non-hydrogen) atoms. The molecule has 1 unspecified atom stereocenters. The molecule has 1 aromatic carbocycles. The minimum Gasteiger partial charge on any atom is -0.491 e. The van der Waals surface area contributed by atoms with Crippen molar-refractivity contribution in [3.63, 3.8) is 0 Å². The lowest BCUT2D eigenvalue weighted by Crippen LogP contribution is -2.40. The summed E-state index contributed by atoms with van der Waals surface area (Å²) in [6.07, 6.45) is 0.767. The van der Waals surface area contributed by atoms with E-state index in [0.717, 1.165) is 0 Å². The van der Waals surface area contributed by atoms with Crippen LogP contribution in [-0.4, -0.2) is 27.1 Å². The molecule has 5 nitrogen and oxygen atoms in total. The molecule has 3 N–H and O–H groups in total. The summed E-state index contributed by atoms with van der Waals surface area (Å²) >= 11 is 0. The molecule has 0 saturated carbocycles. The summed E-state index contributed by atoms with van der Waals surface area (Å²) in [7, 11) is -3.55. The Morgan fingerprint density at radius 2 is 1.68 bits per heavy atom. The van der Waals surface area contributed by atoms with Crippen molar-refractivity contribution in [3.8, 4) is 5.75 Å². The summed E-state index contributed by atoms with van der Waals surface area (Å²) < 4.78 is 32.8. The highest BCUT2D eigenvalue weighted by atomic mass is 35.5. The molecule has 0 bridgehead atoms. The molecule has 128 valence electrons. The van der Waals surface area contributed by atoms with Crippen molar-refractivity contribution < 1.29 is 13.2 Å². The number of hydrogen-bond donors (Lipinski definition) is 2. The number of rotatable bonds is 8. The van der Waals surface area contributed by atoms with Gasteiger partial charge in [0.05, 0.1) is 11.0 Å². The predicted octanol–water partition coefficient (Wildman–Crippen LogP) is 2.55. The van der Waals surface area contributed by atoms with Crippen LogP contribution in [0.25, 0.3) is 0 Å². The van der Waals surface area contributed by atoms with Gasteiger partial charge in [-0.25, -0.2) is 13.1 Å². The summed E-state index contributed by atoms with van der Waals surface area (Å²) in [5, 5.41) is 0. The molecule has 0 aliphatic heterocycles. The van der Waals surface area contributed by atoms with E-state index in [9.17, 15) is 8.42 Å². The zero-order valence-corrected chi connectivity index (χ0v) is 15.2. The maximum Gasteiger partial charge on any atom is 0.240 e. The second kappa shape index (κ2) is 9.35. The van der Waals surface area contributed by atoms with Crippen LogP contribution < -0.4 is 15.2 Å². The molecule has 0 amide bonds. The largest absolute Gasteiger partial charge is 0.491 e. The van der Waals surface area contributed by atoms with Crippen LogP contribution in [-0.2, 0) is 10.0 Å². The van der Waals surface area contributed by atoms with E-state index >= 15 is 0 Å². The zero-order chi connectivity index (χ0) is 16.0. The summed E-state index contributed by atoms with van der Waals surface area (Å²) in [5.74, 6) is 1.03. The van der Waals surface area contributed by atoms with Gasteiger partial charge in [0.1, 0.15) is 5.75 Å². The summed E-state index contributed by atoms with van der Waals surface area (Å²) in [6, 6.07) is 6.16. The average Bonchev–Trinajstić information content (AvgIpc) is 2.37. The van der Waals surface area contributed by atoms with Crippen LogP contribution in [0.2, 0.25) is 0 Å². The molecule has 7 heteroatoms. The van der Waals surface area contributed by atoms with Gasteiger partial charge in [0, 0.05) is 12.6 Å². The fourth-order valence-electron chi connectivity index (χ4n) is 2.02. The van der Waals surface area contributed by atoms with Crippen molar-refractivity contribution in [1.82, 2.24) is 4.72 Å². The van der Waals surface area contributed by atoms with Gasteiger partial charge in [-0.3, -0.25) is 0 Å². The predicted molar refractivity (Wildman–Crippen MR) is 92.1 cm³/mol. The number of nitrogens with one attached hydrogen (secondary N) is 1. The quantitative estimate of drug-likeness (QED) is 0.754. The van der Waals surface area contributed by atoms with E-state index in [1.54, 1.807) is 24.3 Å². The van der Waals surface area contributed by atoms with Gasteiger partial charge in [-0.1, -0.05) is 13.8 Å². The Morgan fingerprint density at radius 3 is 2.09 bits per heavy atom. The zero-order valence-electron chi connectivity index (χ0n) is 13.6. The Kier molecular flexibility index (Phi) is 9.00. The number of benzene rings is 1. The number of ether oxygens (including phenoxy) is 1. The van der Waals surface area contributed by atoms with Gasteiger partial charge in [-0.15, -0.1) is 12.4 Å². The van der Waals surface area contributed by atoms with Gasteiger partial charge in [0.15, 0.2) is 0 Å². The smallest absolute Gasteiger partial charge is 0.240 e. The molecule has 0 fully saturated rings. The van der Waals surface area contributed by atoms with E-state index in [4.69, 9.17) is 10.5 Å². The molecule has 0 spiro atoms. The fourth-order valence-corrected chi connectivity index (χ4v) is 3.28. The SMILES string of the molecule is CC(C)CC(CN)NS(=O)(=O)c1ccc(OC(C)C)cc1.Cl. The lowest BCUT2D eigenvalue weighted by atomic mass is 10.1. The van der Waals surface area contributed by atoms with Crippen LogP contribution in [0.15, 0.2) is 29.2 Å². The van der Waals surface area contributed by atoms with Gasteiger partial charge in [-0.05, 0) is 50.5 Å². The first-order valence-corrected chi connectivity index (χ1v) is 8.72. The Balaban J connectivity index is 0.00000441. The molecule has 1 rings (SSSR count). The minimum absolute atomic E-state index is 0. The van der Waals surface area contributed by atoms with E-state index in [2.05, 4.69) is 4.72 Å². The maximum absolute atomic E-state index is 12.3. The highest BCUT2D eigenvalue weighted by Gasteiger charge is 2.20. The first-order chi connectivity index (χ1) is 9.74. The molecular weight excluding hydrogens is 324 g/mol. The average molecular weight is 351 g/mol. The monoisotopic (exact) mass is 350 g/mol. The molecule has 0 heterocycles. The van der Waals surface area contributed by atoms with Gasteiger partial charge in [0.25, 0.3) is 0 Å². The Morgan fingerprint density at radius 1 is 1.14 bits per heavy atom. The highest BCUT2D eigenvalue weighted by Crippen LogP contribution is 2.18. The van der Waals surface area contributed by atoms with Crippen LogP contribution in [0, 0.1) is 5.92 Å². The molecule has 0 saturated heterocycles. The number of hydrogen-bond acceptors (Lipinski definition) is 4. The lowest BCUT2D eigenvalue weighted by Gasteiger charge is -2.19. The minimum atomic E-state index is -3.55. The first-order valence-electron chi connectivity index (χ1n) is 7.23. The second-order valence-electron chi connectivity index (χ2n) is 5.82. The fraction of sp³-hybridized carbons (Fsp3) is 0.600. The van der Waals surface area contributed by atoms with E-state index in [1.807, 2.05) is 27.7 Å². The third kappa shape index (κ3) is 6.96. The Bertz CT molecular complexity index is 530. The molecule has 0 aliphatic rings. The van der Waals surface area contributed by atoms with Crippen LogP contribution in [0.5, 0.6) is 5.75 Å². The summed E-state index contributed by atoms with van der Waals surface area (Å²) in [6.45, 7) is 8.20. The molecule has 0 radical (unpaired) electrons. The molecule has 1 aromatic rings. The van der Waals surface area contributed by atoms with Crippen LogP contribution >= 0.6 is 12.4 Å². The van der Waals surface area contributed by atoms with Crippen molar-refractivity contribution >= 4 is 22.4 Å². The van der Waals surface area contributed by atoms with Gasteiger partial charge in [0.2, 0.25) is 10.0 Å². The molecular formula is C15H27ClN2O3S. The molecule has 0 aliphatic carbocycles. The van der Waals surface area contributed by atoms with Crippen LogP contribution in [0.3, 0.4) is 0 Å². The lowest BCUT2D eigenvalue weighted by molar-refractivity contribution is 0.242. The van der Waals surface area contributed by atoms with Crippen LogP contribution in [0.1, 0.15) is 34.1 Å². The normalized spacial score (nSPS) is 13.0. The Hall–Kier alpha value is -0.820. The van der Waals surface area contributed by atoms with Crippen LogP contribution in [0.4, 0.5) is 0 Å². The van der Waals surface area contributed by atoms with E-state index in [0.29, 0.717) is 18.1 Å². The first kappa shape index (κ1) is 21.2. The number of halogens is 1. The highest BCUT2D eigenvalue weighted by molar-refractivity contribution is 7.89.